The molecule has 0 radical (unpaired) electrons. The van der Waals surface area contributed by atoms with Crippen LogP contribution in [0.25, 0.3) is 5.57 Å². The molecule has 0 saturated heterocycles. The van der Waals surface area contributed by atoms with E-state index in [2.05, 4.69) is 4.98 Å². The fraction of sp³-hybridized carbons (Fsp3) is 0.318. The van der Waals surface area contributed by atoms with Gasteiger partial charge in [0, 0.05) is 18.4 Å². The maximum atomic E-state index is 13.2. The molecule has 0 saturated carbocycles. The molecule has 5 nitrogen and oxygen atoms in total. The largest absolute Gasteiger partial charge is 0.477 e. The van der Waals surface area contributed by atoms with E-state index < -0.39 is 5.54 Å². The number of allylic oxidation sites excluding steroid dienone is 1. The Morgan fingerprint density at radius 1 is 1.18 bits per heavy atom. The number of amides is 1. The monoisotopic (exact) mass is 396 g/mol. The number of benzene rings is 1. The quantitative estimate of drug-likeness (QED) is 0.658. The Labute approximate surface area is 169 Å². The van der Waals surface area contributed by atoms with Gasteiger partial charge in [-0.25, -0.2) is 4.98 Å². The first-order valence-corrected chi connectivity index (χ1v) is 10.2. The second-order valence-electron chi connectivity index (χ2n) is 7.05. The molecule has 0 aliphatic carbocycles. The van der Waals surface area contributed by atoms with E-state index in [9.17, 15) is 9.59 Å². The first-order valence-electron chi connectivity index (χ1n) is 9.19. The van der Waals surface area contributed by atoms with Gasteiger partial charge in [-0.1, -0.05) is 36.4 Å². The molecule has 0 N–H and O–H groups in total. The summed E-state index contributed by atoms with van der Waals surface area (Å²) in [7, 11) is 0. The van der Waals surface area contributed by atoms with Crippen LogP contribution in [0.3, 0.4) is 0 Å². The lowest BCUT2D eigenvalue weighted by Gasteiger charge is -2.40. The number of carbonyl (C=O) groups excluding carboxylic acids is 2. The van der Waals surface area contributed by atoms with Crippen LogP contribution in [0.4, 0.5) is 0 Å². The minimum atomic E-state index is -0.956. The lowest BCUT2D eigenvalue weighted by Crippen LogP contribution is -2.55. The molecule has 0 unspecified atom stereocenters. The van der Waals surface area contributed by atoms with Gasteiger partial charge in [0.1, 0.15) is 5.76 Å². The van der Waals surface area contributed by atoms with Gasteiger partial charge in [0.15, 0.2) is 12.5 Å². The highest BCUT2D eigenvalue weighted by Gasteiger charge is 2.41. The molecule has 1 aliphatic rings. The van der Waals surface area contributed by atoms with Crippen molar-refractivity contribution in [1.82, 2.24) is 9.88 Å². The zero-order valence-corrected chi connectivity index (χ0v) is 17.2. The number of pyridine rings is 1. The van der Waals surface area contributed by atoms with Crippen LogP contribution in [-0.2, 0) is 14.3 Å². The number of carbonyl (C=O) groups is 2. The van der Waals surface area contributed by atoms with Gasteiger partial charge in [0.05, 0.1) is 16.1 Å². The van der Waals surface area contributed by atoms with E-state index in [4.69, 9.17) is 4.74 Å². The Balaban J connectivity index is 1.70. The maximum absolute atomic E-state index is 13.2. The van der Waals surface area contributed by atoms with Crippen LogP contribution in [0.5, 0.6) is 0 Å². The lowest BCUT2D eigenvalue weighted by atomic mass is 9.92. The molecule has 0 fully saturated rings. The second kappa shape index (κ2) is 8.61. The first kappa shape index (κ1) is 20.1. The zero-order valence-electron chi connectivity index (χ0n) is 16.3. The lowest BCUT2D eigenvalue weighted by molar-refractivity contribution is -0.148. The van der Waals surface area contributed by atoms with E-state index in [1.54, 1.807) is 27.0 Å². The zero-order chi connectivity index (χ0) is 20.1. The summed E-state index contributed by atoms with van der Waals surface area (Å²) in [5.74, 6) is 1.02. The van der Waals surface area contributed by atoms with Gasteiger partial charge in [-0.3, -0.25) is 14.5 Å². The summed E-state index contributed by atoms with van der Waals surface area (Å²) < 4.78 is 5.76. The van der Waals surface area contributed by atoms with Crippen molar-refractivity contribution in [2.45, 2.75) is 37.8 Å². The van der Waals surface area contributed by atoms with Crippen molar-refractivity contribution in [2.24, 2.45) is 0 Å². The first-order chi connectivity index (χ1) is 13.4. The van der Waals surface area contributed by atoms with E-state index in [-0.39, 0.29) is 18.4 Å². The van der Waals surface area contributed by atoms with Gasteiger partial charge in [-0.15, -0.1) is 11.8 Å². The number of nitrogens with zero attached hydrogens (tertiary/aromatic N) is 2. The Morgan fingerprint density at radius 2 is 1.89 bits per heavy atom. The Morgan fingerprint density at radius 3 is 2.57 bits per heavy atom. The molecule has 146 valence electrons. The van der Waals surface area contributed by atoms with Crippen molar-refractivity contribution in [3.8, 4) is 0 Å². The molecule has 2 heterocycles. The molecule has 6 heteroatoms. The predicted molar refractivity (Wildman–Crippen MR) is 110 cm³/mol. The Kier molecular flexibility index (Phi) is 6.19. The highest BCUT2D eigenvalue weighted by molar-refractivity contribution is 7.99. The third-order valence-electron chi connectivity index (χ3n) is 4.86. The van der Waals surface area contributed by atoms with Crippen molar-refractivity contribution in [1.29, 1.82) is 0 Å². The number of rotatable bonds is 7. The average molecular weight is 397 g/mol. The van der Waals surface area contributed by atoms with Crippen LogP contribution in [0.2, 0.25) is 0 Å². The van der Waals surface area contributed by atoms with Gasteiger partial charge >= 0.3 is 0 Å². The van der Waals surface area contributed by atoms with Crippen LogP contribution in [-0.4, -0.2) is 39.6 Å². The summed E-state index contributed by atoms with van der Waals surface area (Å²) in [6.45, 7) is 5.43. The minimum absolute atomic E-state index is 0.000143. The van der Waals surface area contributed by atoms with Crippen LogP contribution >= 0.6 is 11.8 Å². The second-order valence-corrected chi connectivity index (χ2v) is 8.17. The fourth-order valence-corrected chi connectivity index (χ4v) is 3.87. The van der Waals surface area contributed by atoms with Crippen molar-refractivity contribution < 1.29 is 14.3 Å². The SMILES string of the molecule is CC1=C(c2ccccc2)C(=O)N(C(C)(C)C(=O)CCSc2ccccn2)CO1. The molecule has 3 rings (SSSR count). The van der Waals surface area contributed by atoms with Crippen LogP contribution in [0.1, 0.15) is 32.8 Å². The number of thioether (sulfide) groups is 1. The number of Topliss-reactive ketones (excluding diaryl/α,β-unsaturated/α-hetero) is 1. The van der Waals surface area contributed by atoms with Crippen molar-refractivity contribution in [2.75, 3.05) is 12.5 Å². The van der Waals surface area contributed by atoms with E-state index >= 15 is 0 Å². The smallest absolute Gasteiger partial charge is 0.261 e. The van der Waals surface area contributed by atoms with Crippen LogP contribution in [0.15, 0.2) is 65.5 Å². The summed E-state index contributed by atoms with van der Waals surface area (Å²) in [6.07, 6.45) is 2.08. The molecule has 28 heavy (non-hydrogen) atoms. The Hall–Kier alpha value is -2.60. The van der Waals surface area contributed by atoms with E-state index in [1.165, 1.54) is 16.7 Å². The molecular weight excluding hydrogens is 372 g/mol. The topological polar surface area (TPSA) is 59.5 Å². The summed E-state index contributed by atoms with van der Waals surface area (Å²) in [5.41, 5.74) is 0.349. The molecule has 2 aromatic rings. The third kappa shape index (κ3) is 4.28. The standard InChI is InChI=1S/C22H24N2O3S/c1-16-20(17-9-5-4-6-10-17)21(26)24(15-27-16)22(2,3)18(25)12-14-28-19-11-7-8-13-23-19/h4-11,13H,12,14-15H2,1-3H3. The van der Waals surface area contributed by atoms with Crippen molar-refractivity contribution in [3.63, 3.8) is 0 Å². The highest BCUT2D eigenvalue weighted by Crippen LogP contribution is 2.31. The fourth-order valence-electron chi connectivity index (χ4n) is 3.06. The molecule has 1 aliphatic heterocycles. The predicted octanol–water partition coefficient (Wildman–Crippen LogP) is 4.16. The normalized spacial score (nSPS) is 14.8. The maximum Gasteiger partial charge on any atom is 0.261 e. The van der Waals surface area contributed by atoms with Crippen molar-refractivity contribution >= 4 is 29.0 Å². The molecule has 1 amide bonds. The van der Waals surface area contributed by atoms with Gasteiger partial charge in [0.25, 0.3) is 5.91 Å². The average Bonchev–Trinajstić information content (AvgIpc) is 2.69. The number of aromatic nitrogens is 1. The number of hydrogen-bond acceptors (Lipinski definition) is 5. The van der Waals surface area contributed by atoms with E-state index in [0.717, 1.165) is 10.6 Å². The number of ether oxygens (including phenoxy) is 1. The van der Waals surface area contributed by atoms with Crippen LogP contribution in [0, 0.1) is 0 Å². The number of ketones is 1. The molecule has 0 atom stereocenters. The third-order valence-corrected chi connectivity index (χ3v) is 5.80. The highest BCUT2D eigenvalue weighted by atomic mass is 32.2. The van der Waals surface area contributed by atoms with Crippen LogP contribution < -0.4 is 0 Å². The van der Waals surface area contributed by atoms with Crippen molar-refractivity contribution in [3.05, 3.63) is 66.1 Å². The van der Waals surface area contributed by atoms with Gasteiger partial charge in [-0.05, 0) is 38.5 Å². The molecule has 1 aromatic carbocycles. The molecule has 0 spiro atoms. The van der Waals surface area contributed by atoms with Gasteiger partial charge in [-0.2, -0.15) is 0 Å². The summed E-state index contributed by atoms with van der Waals surface area (Å²) in [5, 5.41) is 0.885. The Bertz CT molecular complexity index is 879. The summed E-state index contributed by atoms with van der Waals surface area (Å²) >= 11 is 1.53. The van der Waals surface area contributed by atoms with E-state index in [0.29, 0.717) is 23.5 Å². The van der Waals surface area contributed by atoms with E-state index in [1.807, 2.05) is 48.5 Å². The molecule has 0 bridgehead atoms. The minimum Gasteiger partial charge on any atom is -0.477 e. The number of hydrogen-bond donors (Lipinski definition) is 0. The molecular formula is C22H24N2O3S. The summed E-state index contributed by atoms with van der Waals surface area (Å²) in [6, 6.07) is 15.1. The van der Waals surface area contributed by atoms with Gasteiger partial charge < -0.3 is 4.74 Å². The van der Waals surface area contributed by atoms with Gasteiger partial charge in [0.2, 0.25) is 0 Å². The molecule has 1 aromatic heterocycles. The summed E-state index contributed by atoms with van der Waals surface area (Å²) in [4.78, 5) is 31.9.